The average molecular weight is 1210 g/mol. The van der Waals surface area contributed by atoms with E-state index in [1.165, 1.54) is 21.0 Å². The van der Waals surface area contributed by atoms with Crippen LogP contribution in [-0.4, -0.2) is 158 Å². The lowest BCUT2D eigenvalue weighted by Crippen LogP contribution is -2.56. The van der Waals surface area contributed by atoms with Gasteiger partial charge in [-0.05, 0) is 128 Å². The number of carbonyl (C=O) groups is 4. The van der Waals surface area contributed by atoms with E-state index in [0.29, 0.717) is 75.2 Å². The van der Waals surface area contributed by atoms with Crippen molar-refractivity contribution in [2.24, 2.45) is 11.5 Å². The molecule has 83 heavy (non-hydrogen) atoms. The molecule has 0 bridgehead atoms. The van der Waals surface area contributed by atoms with Crippen LogP contribution in [0, 0.1) is 0 Å². The van der Waals surface area contributed by atoms with Crippen molar-refractivity contribution in [2.45, 2.75) is 77.3 Å². The van der Waals surface area contributed by atoms with Gasteiger partial charge in [-0.3, -0.25) is 19.2 Å². The normalized spacial score (nSPS) is 14.0. The summed E-state index contributed by atoms with van der Waals surface area (Å²) >= 11 is 15.5. The van der Waals surface area contributed by atoms with Crippen molar-refractivity contribution in [1.29, 1.82) is 0 Å². The zero-order chi connectivity index (χ0) is 59.5. The van der Waals surface area contributed by atoms with Gasteiger partial charge in [0.25, 0.3) is 0 Å². The Morgan fingerprint density at radius 3 is 1.69 bits per heavy atom. The summed E-state index contributed by atoms with van der Waals surface area (Å²) in [7, 11) is -1.19. The van der Waals surface area contributed by atoms with Gasteiger partial charge in [0.05, 0.1) is 12.5 Å². The number of thiophene rings is 2. The monoisotopic (exact) mass is 1210 g/mol. The molecule has 2 fully saturated rings. The van der Waals surface area contributed by atoms with E-state index in [0.717, 1.165) is 67.9 Å². The van der Waals surface area contributed by atoms with Gasteiger partial charge >= 0.3 is 20.1 Å². The molecule has 0 aliphatic carbocycles. The van der Waals surface area contributed by atoms with Crippen LogP contribution in [0.3, 0.4) is 0 Å². The lowest BCUT2D eigenvalue weighted by Gasteiger charge is -2.39. The molecule has 17 nitrogen and oxygen atoms in total. The summed E-state index contributed by atoms with van der Waals surface area (Å²) in [6, 6.07) is 39.0. The highest BCUT2D eigenvalue weighted by atomic mass is 35.5. The summed E-state index contributed by atoms with van der Waals surface area (Å²) in [5, 5.41) is 41.7. The summed E-state index contributed by atoms with van der Waals surface area (Å²) in [6.45, 7) is 12.6. The van der Waals surface area contributed by atoms with Gasteiger partial charge in [-0.1, -0.05) is 96.0 Å². The highest BCUT2D eigenvalue weighted by Gasteiger charge is 2.31. The minimum atomic E-state index is -0.858. The molecule has 0 radical (unpaired) electrons. The Balaban J connectivity index is 0.000000236. The number of hydrogen-bond donors (Lipinski definition) is 8. The first-order valence-corrected chi connectivity index (χ1v) is 30.9. The Morgan fingerprint density at radius 2 is 1.17 bits per heavy atom. The molecule has 444 valence electrons. The fraction of sp³-hybridized carbons (Fsp3) is 0.400. The van der Waals surface area contributed by atoms with Gasteiger partial charge in [0.15, 0.2) is 0 Å². The zero-order valence-electron chi connectivity index (χ0n) is 47.6. The number of nitrogens with two attached hydrogens (primary N) is 2. The Kier molecular flexibility index (Phi) is 28.4. The second-order valence-corrected chi connectivity index (χ2v) is 23.5. The van der Waals surface area contributed by atoms with Crippen LogP contribution in [0.1, 0.15) is 44.8 Å². The topological polar surface area (TPSA) is 233 Å². The number of amides is 3. The number of rotatable bonds is 26. The highest BCUT2D eigenvalue weighted by molar-refractivity contribution is 7.10. The molecule has 10 N–H and O–H groups in total. The number of halogens is 2. The molecule has 2 saturated heterocycles. The van der Waals surface area contributed by atoms with Gasteiger partial charge in [0.2, 0.25) is 17.7 Å². The fourth-order valence-corrected chi connectivity index (χ4v) is 11.4. The maximum Gasteiger partial charge on any atom is 0.376 e. The number of para-hydroxylation sites is 2. The molecule has 6 aromatic rings. The molecule has 0 spiro atoms. The van der Waals surface area contributed by atoms with E-state index in [-0.39, 0.29) is 37.1 Å². The molecule has 2 aliphatic heterocycles. The number of carboxylic acid groups (broad SMARTS) is 1. The van der Waals surface area contributed by atoms with Crippen LogP contribution in [0.15, 0.2) is 132 Å². The first kappa shape index (κ1) is 66.3. The number of hydrogen-bond acceptors (Lipinski definition) is 15. The number of nitrogens with zero attached hydrogens (tertiary/aromatic N) is 5. The molecule has 23 heteroatoms. The van der Waals surface area contributed by atoms with Crippen molar-refractivity contribution < 1.29 is 34.3 Å². The van der Waals surface area contributed by atoms with Crippen molar-refractivity contribution in [1.82, 2.24) is 30.5 Å². The third-order valence-corrected chi connectivity index (χ3v) is 16.6. The summed E-state index contributed by atoms with van der Waals surface area (Å²) in [4.78, 5) is 62.0. The molecule has 2 atom stereocenters. The predicted molar refractivity (Wildman–Crippen MR) is 340 cm³/mol. The Hall–Kier alpha value is -5.81. The second kappa shape index (κ2) is 35.5. The summed E-state index contributed by atoms with van der Waals surface area (Å²) in [6.07, 6.45) is 3.07. The van der Waals surface area contributed by atoms with E-state index < -0.39 is 32.2 Å². The Morgan fingerprint density at radius 1 is 0.651 bits per heavy atom. The molecule has 4 heterocycles. The molecule has 2 aromatic heterocycles. The molecule has 3 amide bonds. The second-order valence-electron chi connectivity index (χ2n) is 20.5. The van der Waals surface area contributed by atoms with E-state index in [1.54, 1.807) is 41.6 Å². The predicted octanol–water partition coefficient (Wildman–Crippen LogP) is 6.39. The van der Waals surface area contributed by atoms with Crippen LogP contribution >= 0.6 is 45.9 Å². The molecule has 0 saturated carbocycles. The lowest BCUT2D eigenvalue weighted by atomic mass is 9.84. The van der Waals surface area contributed by atoms with Crippen LogP contribution in [0.2, 0.25) is 23.7 Å². The van der Waals surface area contributed by atoms with Crippen LogP contribution < -0.4 is 37.1 Å². The third-order valence-electron chi connectivity index (χ3n) is 14.2. The first-order valence-electron chi connectivity index (χ1n) is 28.3. The average Bonchev–Trinajstić information content (AvgIpc) is 4.39. The molecule has 0 unspecified atom stereocenters. The van der Waals surface area contributed by atoms with Crippen LogP contribution in [0.5, 0.6) is 0 Å². The lowest BCUT2D eigenvalue weighted by molar-refractivity contribution is -0.137. The number of carbonyl (C=O) groups excluding carboxylic acids is 3. The van der Waals surface area contributed by atoms with E-state index in [1.807, 2.05) is 65.2 Å². The van der Waals surface area contributed by atoms with Crippen molar-refractivity contribution in [3.05, 3.63) is 174 Å². The maximum atomic E-state index is 13.6. The minimum Gasteiger partial charge on any atom is -0.481 e. The summed E-state index contributed by atoms with van der Waals surface area (Å²) in [5.74, 6) is -1.16. The number of carboxylic acids is 1. The van der Waals surface area contributed by atoms with Crippen molar-refractivity contribution >= 4 is 95.0 Å². The summed E-state index contributed by atoms with van der Waals surface area (Å²) < 4.78 is 0. The van der Waals surface area contributed by atoms with Gasteiger partial charge in [-0.2, -0.15) is 0 Å². The molecular weight excluding hydrogens is 1130 g/mol. The number of anilines is 2. The van der Waals surface area contributed by atoms with Crippen molar-refractivity contribution in [2.75, 3.05) is 88.3 Å². The fourth-order valence-electron chi connectivity index (χ4n) is 9.73. The summed E-state index contributed by atoms with van der Waals surface area (Å²) in [5.41, 5.74) is 18.6. The van der Waals surface area contributed by atoms with E-state index in [4.69, 9.17) is 44.8 Å². The number of benzene rings is 4. The zero-order valence-corrected chi connectivity index (χ0v) is 50.7. The van der Waals surface area contributed by atoms with Crippen LogP contribution in [-0.2, 0) is 58.0 Å². The van der Waals surface area contributed by atoms with Crippen LogP contribution in [0.25, 0.3) is 0 Å². The first-order chi connectivity index (χ1) is 40.1. The third kappa shape index (κ3) is 22.9. The highest BCUT2D eigenvalue weighted by Crippen LogP contribution is 2.26. The molecular formula is C60H80B2Cl2N10O7S2. The largest absolute Gasteiger partial charge is 0.481 e. The number of nitrogens with one attached hydrogen (secondary N) is 3. The van der Waals surface area contributed by atoms with E-state index in [9.17, 15) is 24.2 Å². The van der Waals surface area contributed by atoms with E-state index in [2.05, 4.69) is 102 Å². The Bertz CT molecular complexity index is 2860. The quantitative estimate of drug-likeness (QED) is 0.0217. The van der Waals surface area contributed by atoms with E-state index >= 15 is 0 Å². The Labute approximate surface area is 508 Å². The molecule has 8 rings (SSSR count). The smallest absolute Gasteiger partial charge is 0.376 e. The van der Waals surface area contributed by atoms with Gasteiger partial charge < -0.3 is 66.9 Å². The molecule has 4 aromatic carbocycles. The minimum absolute atomic E-state index is 0.0214. The maximum absolute atomic E-state index is 13.6. The van der Waals surface area contributed by atoms with Crippen LogP contribution in [0.4, 0.5) is 11.4 Å². The number of aliphatic carboxylic acids is 1. The van der Waals surface area contributed by atoms with Gasteiger partial charge in [-0.25, -0.2) is 0 Å². The number of piperazine rings is 2. The molecule has 2 aliphatic rings. The standard InChI is InChI=1S/C30H39BClN5O3S.C26H31ClN4OS.C4H10BNO3/c1-31(40)37(15-13-26-6-4-20-41-26)22-24-5-2-3-7-28(24)35-16-18-36(19-17-35)30(39)27(34-29(38)12-14-33)21-23-8-10-25(32)11-9-23;27-22-9-7-20(8-10-22)18-24(28)26(32)31-15-13-30(14-16-31)25-6-2-1-4-21(25)19-29-12-11-23-5-3-17-33-23;1-5(9)6-3-2-4(7)8/h2-11,20,27,40H,12-19,21-22,33H2,1H3,(H,34,38);1-10,17,24,29H,11-16,18-19,28H2;6,9H,2-3H2,1H3,(H,7,8)/t27-;24-;/m11./s1. The van der Waals surface area contributed by atoms with Gasteiger partial charge in [0.1, 0.15) is 6.04 Å². The van der Waals surface area contributed by atoms with Gasteiger partial charge in [0, 0.05) is 123 Å². The van der Waals surface area contributed by atoms with Crippen molar-refractivity contribution in [3.63, 3.8) is 0 Å². The van der Waals surface area contributed by atoms with Crippen molar-refractivity contribution in [3.8, 4) is 0 Å². The SMILES string of the molecule is CB(O)N(CCc1cccs1)Cc1ccccc1N1CCN(C(=O)[C@@H](Cc2ccc(Cl)cc2)NC(=O)CCN)CC1.CB(O)NCCC(=O)O.N[C@H](Cc1ccc(Cl)cc1)C(=O)N1CCN(c2ccccc2CNCCc2cccs2)CC1. The van der Waals surface area contributed by atoms with Gasteiger partial charge in [-0.15, -0.1) is 22.7 Å².